The normalized spacial score (nSPS) is 19.1. The maximum atomic E-state index is 12.4. The van der Waals surface area contributed by atoms with E-state index in [1.807, 2.05) is 24.8 Å². The zero-order valence-electron chi connectivity index (χ0n) is 21.2. The maximum absolute atomic E-state index is 12.4. The van der Waals surface area contributed by atoms with Crippen molar-refractivity contribution in [1.82, 2.24) is 24.7 Å². The number of benzene rings is 1. The van der Waals surface area contributed by atoms with Crippen LogP contribution in [-0.2, 0) is 17.9 Å². The molecule has 2 saturated heterocycles. The number of H-pyrrole nitrogens is 1. The second kappa shape index (κ2) is 10.9. The average Bonchev–Trinajstić information content (AvgIpc) is 3.19. The first-order valence-corrected chi connectivity index (χ1v) is 12.9. The lowest BCUT2D eigenvalue weighted by atomic mass is 10.1. The highest BCUT2D eigenvalue weighted by Crippen LogP contribution is 2.32. The third-order valence-corrected chi connectivity index (χ3v) is 7.08. The Morgan fingerprint density at radius 1 is 0.944 bits per heavy atom. The number of amides is 1. The number of aromatic nitrogens is 2. The first kappa shape index (κ1) is 24.6. The summed E-state index contributed by atoms with van der Waals surface area (Å²) in [5.41, 5.74) is 1.88. The summed E-state index contributed by atoms with van der Waals surface area (Å²) < 4.78 is 10.9. The lowest BCUT2D eigenvalue weighted by molar-refractivity contribution is -0.134. The molecule has 1 aromatic heterocycles. The van der Waals surface area contributed by atoms with E-state index >= 15 is 0 Å². The van der Waals surface area contributed by atoms with Gasteiger partial charge < -0.3 is 19.3 Å². The summed E-state index contributed by atoms with van der Waals surface area (Å²) in [5, 5.41) is 0. The summed E-state index contributed by atoms with van der Waals surface area (Å²) in [6.45, 7) is 12.3. The Kier molecular flexibility index (Phi) is 7.43. The standard InChI is InChI=1S/C26H36N6O4/c1-19(2)25(34)31-6-3-7-32(13-12-31)26-27-21(15-24(33)28-26)17-30-10-8-29(9-11-30)16-20-4-5-22-23(14-20)36-18-35-22/h4-5,14-15,19H,3,6-13,16-18H2,1-2H3,(H,27,28,33). The van der Waals surface area contributed by atoms with Gasteiger partial charge in [0.15, 0.2) is 11.5 Å². The molecule has 2 fully saturated rings. The van der Waals surface area contributed by atoms with Crippen molar-refractivity contribution in [2.24, 2.45) is 5.92 Å². The fraction of sp³-hybridized carbons (Fsp3) is 0.577. The van der Waals surface area contributed by atoms with Gasteiger partial charge in [0.2, 0.25) is 18.6 Å². The van der Waals surface area contributed by atoms with Crippen LogP contribution in [0.2, 0.25) is 0 Å². The minimum Gasteiger partial charge on any atom is -0.454 e. The van der Waals surface area contributed by atoms with Gasteiger partial charge in [-0.2, -0.15) is 0 Å². The van der Waals surface area contributed by atoms with Crippen molar-refractivity contribution in [3.63, 3.8) is 0 Å². The van der Waals surface area contributed by atoms with Crippen LogP contribution in [0.5, 0.6) is 11.5 Å². The largest absolute Gasteiger partial charge is 0.454 e. The van der Waals surface area contributed by atoms with E-state index < -0.39 is 0 Å². The molecule has 0 unspecified atom stereocenters. The van der Waals surface area contributed by atoms with E-state index in [-0.39, 0.29) is 17.4 Å². The summed E-state index contributed by atoms with van der Waals surface area (Å²) in [6.07, 6.45) is 0.859. The van der Waals surface area contributed by atoms with E-state index in [1.165, 1.54) is 5.56 Å². The number of fused-ring (bicyclic) bond motifs is 1. The van der Waals surface area contributed by atoms with Gasteiger partial charge in [0.1, 0.15) is 0 Å². The smallest absolute Gasteiger partial charge is 0.252 e. The molecule has 0 spiro atoms. The Hall–Kier alpha value is -3.11. The number of ether oxygens (including phenoxy) is 2. The Morgan fingerprint density at radius 2 is 1.69 bits per heavy atom. The molecule has 10 nitrogen and oxygen atoms in total. The molecule has 1 aromatic carbocycles. The van der Waals surface area contributed by atoms with Crippen molar-refractivity contribution in [2.75, 3.05) is 64.1 Å². The summed E-state index contributed by atoms with van der Waals surface area (Å²) in [7, 11) is 0. The quantitative estimate of drug-likeness (QED) is 0.643. The van der Waals surface area contributed by atoms with Gasteiger partial charge in [0.25, 0.3) is 5.56 Å². The molecule has 1 amide bonds. The molecular formula is C26H36N6O4. The van der Waals surface area contributed by atoms with Crippen LogP contribution in [0.1, 0.15) is 31.5 Å². The third kappa shape index (κ3) is 5.82. The van der Waals surface area contributed by atoms with Crippen LogP contribution in [0.3, 0.4) is 0 Å². The molecule has 0 saturated carbocycles. The minimum absolute atomic E-state index is 0.00436. The third-order valence-electron chi connectivity index (χ3n) is 7.08. The van der Waals surface area contributed by atoms with Gasteiger partial charge in [-0.05, 0) is 24.1 Å². The molecule has 0 radical (unpaired) electrons. The molecule has 5 rings (SSSR count). The van der Waals surface area contributed by atoms with E-state index in [0.29, 0.717) is 32.4 Å². The Labute approximate surface area is 211 Å². The second-order valence-electron chi connectivity index (χ2n) is 10.1. The van der Waals surface area contributed by atoms with Crippen LogP contribution in [0.15, 0.2) is 29.1 Å². The molecule has 36 heavy (non-hydrogen) atoms. The number of carbonyl (C=O) groups is 1. The number of rotatable bonds is 6. The summed E-state index contributed by atoms with van der Waals surface area (Å²) in [5.74, 6) is 2.43. The number of hydrogen-bond donors (Lipinski definition) is 1. The van der Waals surface area contributed by atoms with Gasteiger partial charge in [-0.3, -0.25) is 24.4 Å². The molecule has 3 aliphatic rings. The highest BCUT2D eigenvalue weighted by Gasteiger charge is 2.23. The number of nitrogens with one attached hydrogen (secondary N) is 1. The lowest BCUT2D eigenvalue weighted by Crippen LogP contribution is -2.45. The van der Waals surface area contributed by atoms with E-state index in [0.717, 1.165) is 69.4 Å². The minimum atomic E-state index is -0.129. The number of carbonyl (C=O) groups excluding carboxylic acids is 1. The van der Waals surface area contributed by atoms with Gasteiger partial charge in [0.05, 0.1) is 5.69 Å². The van der Waals surface area contributed by atoms with Crippen LogP contribution in [-0.4, -0.2) is 89.7 Å². The Morgan fingerprint density at radius 3 is 2.47 bits per heavy atom. The SMILES string of the molecule is CC(C)C(=O)N1CCCN(c2nc(CN3CCN(Cc4ccc5c(c4)OCO5)CC3)cc(=O)[nH]2)CC1. The monoisotopic (exact) mass is 496 g/mol. The first-order chi connectivity index (χ1) is 17.4. The number of piperazine rings is 1. The number of aromatic amines is 1. The molecule has 1 N–H and O–H groups in total. The predicted octanol–water partition coefficient (Wildman–Crippen LogP) is 1.51. The zero-order valence-corrected chi connectivity index (χ0v) is 21.2. The van der Waals surface area contributed by atoms with Crippen LogP contribution < -0.4 is 19.9 Å². The van der Waals surface area contributed by atoms with Gasteiger partial charge in [-0.15, -0.1) is 0 Å². The van der Waals surface area contributed by atoms with Crippen LogP contribution in [0, 0.1) is 5.92 Å². The van der Waals surface area contributed by atoms with Gasteiger partial charge >= 0.3 is 0 Å². The zero-order chi connectivity index (χ0) is 25.1. The maximum Gasteiger partial charge on any atom is 0.252 e. The summed E-state index contributed by atoms with van der Waals surface area (Å²) in [6, 6.07) is 7.75. The topological polar surface area (TPSA) is 94.2 Å². The van der Waals surface area contributed by atoms with Crippen molar-refractivity contribution in [1.29, 1.82) is 0 Å². The lowest BCUT2D eigenvalue weighted by Gasteiger charge is -2.34. The number of hydrogen-bond acceptors (Lipinski definition) is 8. The van der Waals surface area contributed by atoms with E-state index in [2.05, 4.69) is 31.8 Å². The molecule has 3 aliphatic heterocycles. The first-order valence-electron chi connectivity index (χ1n) is 12.9. The van der Waals surface area contributed by atoms with Crippen molar-refractivity contribution in [3.05, 3.63) is 45.9 Å². The molecule has 0 atom stereocenters. The fourth-order valence-electron chi connectivity index (χ4n) is 5.07. The average molecular weight is 497 g/mol. The number of anilines is 1. The highest BCUT2D eigenvalue weighted by molar-refractivity contribution is 5.78. The molecule has 2 aromatic rings. The van der Waals surface area contributed by atoms with Crippen molar-refractivity contribution in [3.8, 4) is 11.5 Å². The van der Waals surface area contributed by atoms with Gasteiger partial charge in [-0.25, -0.2) is 4.98 Å². The molecule has 0 aliphatic carbocycles. The second-order valence-corrected chi connectivity index (χ2v) is 10.1. The van der Waals surface area contributed by atoms with Crippen molar-refractivity contribution < 1.29 is 14.3 Å². The van der Waals surface area contributed by atoms with Crippen LogP contribution in [0.4, 0.5) is 5.95 Å². The van der Waals surface area contributed by atoms with Crippen LogP contribution in [0.25, 0.3) is 0 Å². The fourth-order valence-corrected chi connectivity index (χ4v) is 5.07. The Bertz CT molecular complexity index is 1130. The molecule has 194 valence electrons. The molecule has 4 heterocycles. The van der Waals surface area contributed by atoms with Crippen molar-refractivity contribution in [2.45, 2.75) is 33.4 Å². The van der Waals surface area contributed by atoms with E-state index in [9.17, 15) is 9.59 Å². The highest BCUT2D eigenvalue weighted by atomic mass is 16.7. The van der Waals surface area contributed by atoms with E-state index in [4.69, 9.17) is 14.5 Å². The number of nitrogens with zero attached hydrogens (tertiary/aromatic N) is 5. The molecule has 0 bridgehead atoms. The van der Waals surface area contributed by atoms with Crippen LogP contribution >= 0.6 is 0 Å². The summed E-state index contributed by atoms with van der Waals surface area (Å²) in [4.78, 5) is 41.4. The molecular weight excluding hydrogens is 460 g/mol. The predicted molar refractivity (Wildman–Crippen MR) is 136 cm³/mol. The van der Waals surface area contributed by atoms with E-state index in [1.54, 1.807) is 6.07 Å². The van der Waals surface area contributed by atoms with Gasteiger partial charge in [0, 0.05) is 77.4 Å². The summed E-state index contributed by atoms with van der Waals surface area (Å²) >= 11 is 0. The Balaban J connectivity index is 1.15. The van der Waals surface area contributed by atoms with Gasteiger partial charge in [-0.1, -0.05) is 19.9 Å². The van der Waals surface area contributed by atoms with Crippen molar-refractivity contribution >= 4 is 11.9 Å². The molecule has 10 heteroatoms.